The fraction of sp³-hybridized carbons (Fsp3) is 0.133. The molecule has 10 heteroatoms. The third-order valence-electron chi connectivity index (χ3n) is 5.87. The van der Waals surface area contributed by atoms with Crippen LogP contribution in [-0.2, 0) is 27.8 Å². The quantitative estimate of drug-likeness (QED) is 0.211. The zero-order valence-electron chi connectivity index (χ0n) is 21.4. The van der Waals surface area contributed by atoms with Gasteiger partial charge in [-0.3, -0.25) is 9.59 Å². The summed E-state index contributed by atoms with van der Waals surface area (Å²) in [5.41, 5.74) is 2.20. The summed E-state index contributed by atoms with van der Waals surface area (Å²) in [4.78, 5) is 40.9. The maximum atomic E-state index is 12.7. The van der Waals surface area contributed by atoms with E-state index in [1.807, 2.05) is 65.4 Å². The lowest BCUT2D eigenvalue weighted by atomic mass is 10.1. The lowest BCUT2D eigenvalue weighted by Gasteiger charge is -2.09. The first kappa shape index (κ1) is 28.2. The van der Waals surface area contributed by atoms with Crippen LogP contribution in [0.1, 0.15) is 48.8 Å². The molecule has 0 aliphatic rings. The number of nitrogens with zero attached hydrogens (tertiary/aromatic N) is 1. The highest BCUT2D eigenvalue weighted by Crippen LogP contribution is 2.13. The van der Waals surface area contributed by atoms with E-state index < -0.39 is 21.9 Å². The molecule has 0 saturated heterocycles. The number of esters is 1. The minimum atomic E-state index is -4.22. The van der Waals surface area contributed by atoms with Crippen molar-refractivity contribution in [2.45, 2.75) is 24.3 Å². The van der Waals surface area contributed by atoms with Crippen LogP contribution in [0.2, 0.25) is 0 Å². The van der Waals surface area contributed by atoms with E-state index >= 15 is 0 Å². The number of benzene rings is 3. The molecular weight excluding hydrogens is 530 g/mol. The number of amides is 2. The third kappa shape index (κ3) is 7.84. The molecule has 2 N–H and O–H groups in total. The molecule has 0 fully saturated rings. The van der Waals surface area contributed by atoms with Crippen molar-refractivity contribution in [3.8, 4) is 0 Å². The van der Waals surface area contributed by atoms with Crippen LogP contribution >= 0.6 is 0 Å². The number of pyridine rings is 1. The van der Waals surface area contributed by atoms with Crippen molar-refractivity contribution in [1.29, 1.82) is 0 Å². The van der Waals surface area contributed by atoms with Gasteiger partial charge in [-0.25, -0.2) is 22.9 Å². The van der Waals surface area contributed by atoms with Gasteiger partial charge in [0.25, 0.3) is 21.8 Å². The Bertz CT molecular complexity index is 1560. The molecular formula is C30H27N3O6S. The first-order valence-electron chi connectivity index (χ1n) is 12.5. The number of hydrogen-bond donors (Lipinski definition) is 2. The van der Waals surface area contributed by atoms with Gasteiger partial charge in [-0.05, 0) is 60.4 Å². The van der Waals surface area contributed by atoms with Crippen molar-refractivity contribution >= 4 is 27.8 Å². The van der Waals surface area contributed by atoms with E-state index in [4.69, 9.17) is 4.74 Å². The number of carbonyl (C=O) groups excluding carboxylic acids is 3. The summed E-state index contributed by atoms with van der Waals surface area (Å²) in [6.45, 7) is 0.540. The van der Waals surface area contributed by atoms with Gasteiger partial charge in [0.15, 0.2) is 0 Å². The molecule has 1 heterocycles. The minimum Gasteiger partial charge on any atom is -0.456 e. The van der Waals surface area contributed by atoms with Gasteiger partial charge in [0, 0.05) is 18.3 Å². The highest BCUT2D eigenvalue weighted by molar-refractivity contribution is 7.90. The van der Waals surface area contributed by atoms with Crippen LogP contribution in [-0.4, -0.2) is 37.7 Å². The molecule has 0 saturated carbocycles. The molecule has 4 aromatic rings. The van der Waals surface area contributed by atoms with E-state index in [1.54, 1.807) is 0 Å². The molecule has 3 aromatic carbocycles. The molecule has 0 unspecified atom stereocenters. The first-order valence-corrected chi connectivity index (χ1v) is 14.0. The van der Waals surface area contributed by atoms with Crippen molar-refractivity contribution in [2.24, 2.45) is 0 Å². The van der Waals surface area contributed by atoms with Crippen LogP contribution < -0.4 is 10.0 Å². The van der Waals surface area contributed by atoms with Crippen LogP contribution in [0.4, 0.5) is 0 Å². The molecule has 0 radical (unpaired) electrons. The Hall–Kier alpha value is -4.83. The van der Waals surface area contributed by atoms with Gasteiger partial charge in [0.05, 0.1) is 10.5 Å². The fourth-order valence-corrected chi connectivity index (χ4v) is 4.69. The second-order valence-electron chi connectivity index (χ2n) is 8.80. The summed E-state index contributed by atoms with van der Waals surface area (Å²) in [6.07, 6.45) is 2.68. The van der Waals surface area contributed by atoms with Crippen LogP contribution in [0, 0.1) is 0 Å². The second-order valence-corrected chi connectivity index (χ2v) is 10.5. The van der Waals surface area contributed by atoms with Crippen LogP contribution in [0.25, 0.3) is 0 Å². The highest BCUT2D eigenvalue weighted by Gasteiger charge is 2.20. The number of ether oxygens (including phenoxy) is 1. The monoisotopic (exact) mass is 557 g/mol. The lowest BCUT2D eigenvalue weighted by Crippen LogP contribution is -2.31. The van der Waals surface area contributed by atoms with Gasteiger partial charge in [0.2, 0.25) is 0 Å². The lowest BCUT2D eigenvalue weighted by molar-refractivity contribution is 0.0465. The predicted octanol–water partition coefficient (Wildman–Crippen LogP) is 3.92. The Kier molecular flexibility index (Phi) is 9.37. The zero-order valence-corrected chi connectivity index (χ0v) is 22.3. The number of sulfonamides is 1. The average molecular weight is 558 g/mol. The molecule has 2 amide bonds. The predicted molar refractivity (Wildman–Crippen MR) is 148 cm³/mol. The van der Waals surface area contributed by atoms with Gasteiger partial charge in [-0.15, -0.1) is 0 Å². The Labute approximate surface area is 232 Å². The topological polar surface area (TPSA) is 132 Å². The van der Waals surface area contributed by atoms with Crippen LogP contribution in [0.15, 0.2) is 108 Å². The van der Waals surface area contributed by atoms with Gasteiger partial charge in [0.1, 0.15) is 12.3 Å². The molecule has 40 heavy (non-hydrogen) atoms. The average Bonchev–Trinajstić information content (AvgIpc) is 2.99. The molecule has 0 atom stereocenters. The molecule has 9 nitrogen and oxygen atoms in total. The molecule has 0 bridgehead atoms. The molecule has 0 aliphatic heterocycles. The van der Waals surface area contributed by atoms with Crippen LogP contribution in [0.5, 0.6) is 0 Å². The van der Waals surface area contributed by atoms with Crippen molar-refractivity contribution in [3.05, 3.63) is 131 Å². The van der Waals surface area contributed by atoms with Crippen molar-refractivity contribution < 1.29 is 27.5 Å². The van der Waals surface area contributed by atoms with Crippen LogP contribution in [0.3, 0.4) is 0 Å². The largest absolute Gasteiger partial charge is 0.456 e. The maximum absolute atomic E-state index is 12.7. The third-order valence-corrected chi connectivity index (χ3v) is 7.22. The zero-order chi connectivity index (χ0) is 28.4. The number of nitrogens with one attached hydrogen (secondary N) is 2. The maximum Gasteiger partial charge on any atom is 0.357 e. The van der Waals surface area contributed by atoms with E-state index in [1.165, 1.54) is 42.0 Å². The van der Waals surface area contributed by atoms with E-state index in [2.05, 4.69) is 10.3 Å². The van der Waals surface area contributed by atoms with E-state index in [0.717, 1.165) is 24.6 Å². The van der Waals surface area contributed by atoms with E-state index in [0.29, 0.717) is 12.1 Å². The Morgan fingerprint density at radius 1 is 0.725 bits per heavy atom. The molecule has 0 spiro atoms. The van der Waals surface area contributed by atoms with E-state index in [9.17, 15) is 22.8 Å². The van der Waals surface area contributed by atoms with Gasteiger partial charge >= 0.3 is 5.97 Å². The van der Waals surface area contributed by atoms with Gasteiger partial charge in [-0.1, -0.05) is 60.7 Å². The SMILES string of the molecule is O=C(NCCCc1ccccc1)c1ccc(S(=O)(=O)NC(=O)c2ccc(C(=O)OCc3ccccc3)nc2)cc1. The Morgan fingerprint density at radius 3 is 1.98 bits per heavy atom. The smallest absolute Gasteiger partial charge is 0.357 e. The van der Waals surface area contributed by atoms with Gasteiger partial charge in [-0.2, -0.15) is 0 Å². The van der Waals surface area contributed by atoms with E-state index in [-0.39, 0.29) is 28.7 Å². The van der Waals surface area contributed by atoms with Crippen molar-refractivity contribution in [2.75, 3.05) is 6.54 Å². The first-order chi connectivity index (χ1) is 19.3. The summed E-state index contributed by atoms with van der Waals surface area (Å²) < 4.78 is 32.6. The van der Waals surface area contributed by atoms with Crippen molar-refractivity contribution in [1.82, 2.24) is 15.0 Å². The Balaban J connectivity index is 1.28. The Morgan fingerprint density at radius 2 is 1.35 bits per heavy atom. The number of carbonyl (C=O) groups is 3. The molecule has 0 aliphatic carbocycles. The standard InChI is InChI=1S/C30H27N3O6S/c34-28(31-19-7-12-22-8-3-1-4-9-22)24-13-16-26(17-14-24)40(37,38)33-29(35)25-15-18-27(32-20-25)30(36)39-21-23-10-5-2-6-11-23/h1-6,8-11,13-18,20H,7,12,19,21H2,(H,31,34)(H,33,35). The number of rotatable bonds is 11. The minimum absolute atomic E-state index is 0.0238. The summed E-state index contributed by atoms with van der Waals surface area (Å²) in [5.74, 6) is -1.92. The number of hydrogen-bond acceptors (Lipinski definition) is 7. The molecule has 1 aromatic heterocycles. The number of aryl methyl sites for hydroxylation is 1. The molecule has 4 rings (SSSR count). The second kappa shape index (κ2) is 13.3. The highest BCUT2D eigenvalue weighted by atomic mass is 32.2. The van der Waals surface area contributed by atoms with Crippen molar-refractivity contribution in [3.63, 3.8) is 0 Å². The summed E-state index contributed by atoms with van der Waals surface area (Å²) in [6, 6.07) is 26.8. The normalized spacial score (nSPS) is 10.9. The van der Waals surface area contributed by atoms with Gasteiger partial charge < -0.3 is 10.1 Å². The summed E-state index contributed by atoms with van der Waals surface area (Å²) in [7, 11) is -4.22. The fourth-order valence-electron chi connectivity index (χ4n) is 3.71. The summed E-state index contributed by atoms with van der Waals surface area (Å²) >= 11 is 0. The number of aromatic nitrogens is 1. The molecule has 204 valence electrons. The summed E-state index contributed by atoms with van der Waals surface area (Å²) in [5, 5.41) is 2.81.